The maximum Gasteiger partial charge on any atom is 0.273 e. The van der Waals surface area contributed by atoms with E-state index in [4.69, 9.17) is 16.7 Å². The third-order valence-electron chi connectivity index (χ3n) is 2.54. The summed E-state index contributed by atoms with van der Waals surface area (Å²) in [6, 6.07) is 6.75. The van der Waals surface area contributed by atoms with Gasteiger partial charge in [0, 0.05) is 16.6 Å². The molecule has 2 aromatic rings. The van der Waals surface area contributed by atoms with Crippen molar-refractivity contribution >= 4 is 21.6 Å². The van der Waals surface area contributed by atoms with Crippen LogP contribution < -0.4 is 5.14 Å². The summed E-state index contributed by atoms with van der Waals surface area (Å²) in [4.78, 5) is 0. The molecule has 0 unspecified atom stereocenters. The highest BCUT2D eigenvalue weighted by atomic mass is 35.5. The Kier molecular flexibility index (Phi) is 3.62. The van der Waals surface area contributed by atoms with E-state index in [-0.39, 0.29) is 11.2 Å². The SMILES string of the molecule is CC(C)n1c(-c2ccc(Cl)cc2)nnc1S(N)(=O)=O. The summed E-state index contributed by atoms with van der Waals surface area (Å²) in [6.07, 6.45) is 0. The Bertz CT molecular complexity index is 692. The Hall–Kier alpha value is -1.44. The number of nitrogens with two attached hydrogens (primary N) is 1. The molecule has 0 spiro atoms. The third kappa shape index (κ3) is 2.78. The fourth-order valence-corrected chi connectivity index (χ4v) is 2.58. The van der Waals surface area contributed by atoms with Crippen molar-refractivity contribution < 1.29 is 8.42 Å². The summed E-state index contributed by atoms with van der Waals surface area (Å²) in [5, 5.41) is 13.1. The highest BCUT2D eigenvalue weighted by Crippen LogP contribution is 2.25. The molecular weight excluding hydrogens is 288 g/mol. The molecule has 0 aliphatic heterocycles. The molecule has 2 N–H and O–H groups in total. The van der Waals surface area contributed by atoms with Crippen molar-refractivity contribution in [3.8, 4) is 11.4 Å². The van der Waals surface area contributed by atoms with Crippen LogP contribution >= 0.6 is 11.6 Å². The predicted molar refractivity (Wildman–Crippen MR) is 72.2 cm³/mol. The Morgan fingerprint density at radius 3 is 2.26 bits per heavy atom. The van der Waals surface area contributed by atoms with Gasteiger partial charge in [0.25, 0.3) is 15.2 Å². The lowest BCUT2D eigenvalue weighted by molar-refractivity contribution is 0.524. The van der Waals surface area contributed by atoms with Crippen LogP contribution in [0.1, 0.15) is 19.9 Å². The molecule has 8 heteroatoms. The van der Waals surface area contributed by atoms with Crippen LogP contribution in [-0.2, 0) is 10.0 Å². The Balaban J connectivity index is 2.65. The van der Waals surface area contributed by atoms with Crippen molar-refractivity contribution in [1.29, 1.82) is 0 Å². The minimum atomic E-state index is -3.91. The van der Waals surface area contributed by atoms with Gasteiger partial charge in [-0.05, 0) is 38.1 Å². The van der Waals surface area contributed by atoms with Gasteiger partial charge in [0.05, 0.1) is 0 Å². The quantitative estimate of drug-likeness (QED) is 0.936. The van der Waals surface area contributed by atoms with Gasteiger partial charge in [-0.3, -0.25) is 4.57 Å². The topological polar surface area (TPSA) is 90.9 Å². The zero-order chi connectivity index (χ0) is 14.2. The van der Waals surface area contributed by atoms with Crippen LogP contribution in [0.2, 0.25) is 5.02 Å². The summed E-state index contributed by atoms with van der Waals surface area (Å²) in [5.41, 5.74) is 0.723. The zero-order valence-electron chi connectivity index (χ0n) is 10.4. The average Bonchev–Trinajstić information content (AvgIpc) is 2.74. The van der Waals surface area contributed by atoms with Crippen molar-refractivity contribution in [2.45, 2.75) is 25.0 Å². The number of primary sulfonamides is 1. The molecule has 0 radical (unpaired) electrons. The van der Waals surface area contributed by atoms with E-state index in [2.05, 4.69) is 10.2 Å². The number of aromatic nitrogens is 3. The first-order valence-corrected chi connectivity index (χ1v) is 7.47. The number of sulfonamides is 1. The van der Waals surface area contributed by atoms with Crippen molar-refractivity contribution in [2.24, 2.45) is 5.14 Å². The fraction of sp³-hybridized carbons (Fsp3) is 0.273. The smallest absolute Gasteiger partial charge is 0.273 e. The summed E-state index contributed by atoms with van der Waals surface area (Å²) in [7, 11) is -3.91. The Morgan fingerprint density at radius 1 is 1.21 bits per heavy atom. The molecule has 6 nitrogen and oxygen atoms in total. The summed E-state index contributed by atoms with van der Waals surface area (Å²) >= 11 is 5.82. The van der Waals surface area contributed by atoms with Crippen LogP contribution in [0.5, 0.6) is 0 Å². The normalized spacial score (nSPS) is 12.1. The third-order valence-corrected chi connectivity index (χ3v) is 3.58. The minimum Gasteiger partial charge on any atom is -0.294 e. The fourth-order valence-electron chi connectivity index (χ4n) is 1.73. The van der Waals surface area contributed by atoms with E-state index in [1.54, 1.807) is 24.3 Å². The van der Waals surface area contributed by atoms with Crippen molar-refractivity contribution in [3.05, 3.63) is 29.3 Å². The molecule has 1 aromatic heterocycles. The molecule has 0 aliphatic rings. The van der Waals surface area contributed by atoms with Crippen LogP contribution in [0.4, 0.5) is 0 Å². The lowest BCUT2D eigenvalue weighted by Gasteiger charge is -2.12. The molecule has 0 bridgehead atoms. The van der Waals surface area contributed by atoms with Gasteiger partial charge in [0.2, 0.25) is 0 Å². The number of halogens is 1. The lowest BCUT2D eigenvalue weighted by atomic mass is 10.2. The predicted octanol–water partition coefficient (Wildman–Crippen LogP) is 1.83. The van der Waals surface area contributed by atoms with Crippen LogP contribution in [0.15, 0.2) is 29.4 Å². The molecule has 1 aromatic carbocycles. The molecule has 19 heavy (non-hydrogen) atoms. The summed E-state index contributed by atoms with van der Waals surface area (Å²) in [5.74, 6) is 0.440. The lowest BCUT2D eigenvalue weighted by Crippen LogP contribution is -2.20. The summed E-state index contributed by atoms with van der Waals surface area (Å²) < 4.78 is 24.5. The van der Waals surface area contributed by atoms with Crippen molar-refractivity contribution in [3.63, 3.8) is 0 Å². The summed E-state index contributed by atoms with van der Waals surface area (Å²) in [6.45, 7) is 3.66. The van der Waals surface area contributed by atoms with E-state index in [0.717, 1.165) is 5.56 Å². The van der Waals surface area contributed by atoms with E-state index >= 15 is 0 Å². The number of hydrogen-bond acceptors (Lipinski definition) is 4. The largest absolute Gasteiger partial charge is 0.294 e. The molecule has 0 amide bonds. The molecule has 0 aliphatic carbocycles. The second kappa shape index (κ2) is 4.92. The van der Waals surface area contributed by atoms with Gasteiger partial charge in [0.1, 0.15) is 0 Å². The highest BCUT2D eigenvalue weighted by Gasteiger charge is 2.23. The second-order valence-electron chi connectivity index (χ2n) is 4.32. The molecule has 2 rings (SSSR count). The second-order valence-corrected chi connectivity index (χ2v) is 6.21. The first-order valence-electron chi connectivity index (χ1n) is 5.54. The van der Waals surface area contributed by atoms with Crippen LogP contribution in [0.25, 0.3) is 11.4 Å². The Labute approximate surface area is 116 Å². The number of rotatable bonds is 3. The van der Waals surface area contributed by atoms with Gasteiger partial charge in [-0.15, -0.1) is 10.2 Å². The van der Waals surface area contributed by atoms with E-state index in [1.807, 2.05) is 13.8 Å². The monoisotopic (exact) mass is 300 g/mol. The standard InChI is InChI=1S/C11H13ClN4O2S/c1-7(2)16-10(8-3-5-9(12)6-4-8)14-15-11(16)19(13,17)18/h3-7H,1-2H3,(H2,13,17,18). The molecule has 1 heterocycles. The molecule has 0 saturated carbocycles. The zero-order valence-corrected chi connectivity index (χ0v) is 12.0. The molecular formula is C11H13ClN4O2S. The van der Waals surface area contributed by atoms with Crippen LogP contribution in [-0.4, -0.2) is 23.2 Å². The van der Waals surface area contributed by atoms with Gasteiger partial charge < -0.3 is 0 Å². The first-order chi connectivity index (χ1) is 8.80. The van der Waals surface area contributed by atoms with Crippen molar-refractivity contribution in [2.75, 3.05) is 0 Å². The van der Waals surface area contributed by atoms with Gasteiger partial charge in [-0.1, -0.05) is 11.6 Å². The molecule has 0 atom stereocenters. The van der Waals surface area contributed by atoms with E-state index < -0.39 is 10.0 Å². The van der Waals surface area contributed by atoms with E-state index in [0.29, 0.717) is 10.8 Å². The van der Waals surface area contributed by atoms with Crippen LogP contribution in [0, 0.1) is 0 Å². The Morgan fingerprint density at radius 2 is 1.79 bits per heavy atom. The maximum absolute atomic E-state index is 11.5. The van der Waals surface area contributed by atoms with Gasteiger partial charge in [0.15, 0.2) is 5.82 Å². The average molecular weight is 301 g/mol. The first kappa shape index (κ1) is 14.0. The van der Waals surface area contributed by atoms with E-state index in [9.17, 15) is 8.42 Å². The number of hydrogen-bond donors (Lipinski definition) is 1. The molecule has 102 valence electrons. The molecule has 0 saturated heterocycles. The van der Waals surface area contributed by atoms with Crippen LogP contribution in [0.3, 0.4) is 0 Å². The van der Waals surface area contributed by atoms with Gasteiger partial charge in [-0.25, -0.2) is 13.6 Å². The van der Waals surface area contributed by atoms with E-state index in [1.165, 1.54) is 4.57 Å². The molecule has 0 fully saturated rings. The maximum atomic E-state index is 11.5. The minimum absolute atomic E-state index is 0.144. The van der Waals surface area contributed by atoms with Gasteiger partial charge in [-0.2, -0.15) is 0 Å². The number of nitrogens with zero attached hydrogens (tertiary/aromatic N) is 3. The van der Waals surface area contributed by atoms with Crippen molar-refractivity contribution in [1.82, 2.24) is 14.8 Å². The number of benzene rings is 1. The highest BCUT2D eigenvalue weighted by molar-refractivity contribution is 7.89. The van der Waals surface area contributed by atoms with Gasteiger partial charge >= 0.3 is 0 Å².